The fourth-order valence-electron chi connectivity index (χ4n) is 2.04. The van der Waals surface area contributed by atoms with E-state index in [0.29, 0.717) is 18.6 Å². The maximum Gasteiger partial charge on any atom is 0.418 e. The number of esters is 1. The zero-order chi connectivity index (χ0) is 14.9. The van der Waals surface area contributed by atoms with E-state index in [9.17, 15) is 18.0 Å². The lowest BCUT2D eigenvalue weighted by Crippen LogP contribution is -2.74. The Labute approximate surface area is 112 Å². The number of nitrogens with zero attached hydrogens (tertiary/aromatic N) is 1. The van der Waals surface area contributed by atoms with Crippen molar-refractivity contribution in [1.82, 2.24) is 0 Å². The van der Waals surface area contributed by atoms with Crippen LogP contribution in [0.2, 0.25) is 0 Å². The van der Waals surface area contributed by atoms with Gasteiger partial charge in [-0.2, -0.15) is 18.7 Å². The van der Waals surface area contributed by atoms with Crippen LogP contribution in [-0.2, 0) is 10.9 Å². The van der Waals surface area contributed by atoms with Crippen LogP contribution in [0.25, 0.3) is 0 Å². The molecule has 1 saturated heterocycles. The monoisotopic (exact) mass is 291 g/mol. The quantitative estimate of drug-likeness (QED) is 0.500. The number of ether oxygens (including phenoxy) is 1. The molecule has 3 N–H and O–H groups in total. The molecule has 0 saturated carbocycles. The predicted octanol–water partition coefficient (Wildman–Crippen LogP) is 1.29. The van der Waals surface area contributed by atoms with E-state index in [2.05, 4.69) is 4.74 Å². The van der Waals surface area contributed by atoms with Gasteiger partial charge in [0.2, 0.25) is 0 Å². The SMILES string of the molecule is COC(=O)c1cc(N2CCC2)c(C(F)(F)F)cc1[NH2+]O. The third-order valence-corrected chi connectivity index (χ3v) is 3.21. The van der Waals surface area contributed by atoms with Crippen molar-refractivity contribution in [2.45, 2.75) is 12.6 Å². The van der Waals surface area contributed by atoms with E-state index in [4.69, 9.17) is 5.21 Å². The zero-order valence-electron chi connectivity index (χ0n) is 10.7. The summed E-state index contributed by atoms with van der Waals surface area (Å²) in [6, 6.07) is 1.88. The largest absolute Gasteiger partial charge is 0.465 e. The molecule has 0 unspecified atom stereocenters. The summed E-state index contributed by atoms with van der Waals surface area (Å²) in [5, 5.41) is 9.04. The Hall–Kier alpha value is -1.80. The fraction of sp³-hybridized carbons (Fsp3) is 0.417. The highest BCUT2D eigenvalue weighted by Crippen LogP contribution is 2.40. The molecule has 1 aliphatic rings. The summed E-state index contributed by atoms with van der Waals surface area (Å²) in [4.78, 5) is 13.1. The lowest BCUT2D eigenvalue weighted by molar-refractivity contribution is -0.825. The normalized spacial score (nSPS) is 14.9. The van der Waals surface area contributed by atoms with E-state index in [-0.39, 0.29) is 16.9 Å². The molecule has 1 aromatic carbocycles. The molecule has 0 radical (unpaired) electrons. The topological polar surface area (TPSA) is 66.4 Å². The van der Waals surface area contributed by atoms with E-state index >= 15 is 0 Å². The molecule has 1 fully saturated rings. The maximum atomic E-state index is 13.1. The standard InChI is InChI=1S/C12H13F3N2O3/c1-20-11(18)7-5-10(17-3-2-4-17)8(12(13,14)15)6-9(7)16-19/h5-6,16,19H,2-4H2,1H3/p+1. The second-order valence-corrected chi connectivity index (χ2v) is 4.42. The summed E-state index contributed by atoms with van der Waals surface area (Å²) in [5.41, 5.74) is -0.764. The number of hydrogen-bond donors (Lipinski definition) is 2. The van der Waals surface area contributed by atoms with Gasteiger partial charge in [0, 0.05) is 19.2 Å². The number of carbonyl (C=O) groups is 1. The number of alkyl halides is 3. The third kappa shape index (κ3) is 2.56. The van der Waals surface area contributed by atoms with Crippen LogP contribution in [0, 0.1) is 0 Å². The Morgan fingerprint density at radius 3 is 2.45 bits per heavy atom. The minimum atomic E-state index is -4.56. The van der Waals surface area contributed by atoms with Crippen LogP contribution in [0.4, 0.5) is 24.5 Å². The molecule has 1 aliphatic heterocycles. The number of benzene rings is 1. The molecule has 0 aromatic heterocycles. The summed E-state index contributed by atoms with van der Waals surface area (Å²) in [6.45, 7) is 1.01. The van der Waals surface area contributed by atoms with Crippen molar-refractivity contribution in [2.24, 2.45) is 0 Å². The van der Waals surface area contributed by atoms with Gasteiger partial charge in [0.15, 0.2) is 5.69 Å². The van der Waals surface area contributed by atoms with Crippen LogP contribution >= 0.6 is 0 Å². The van der Waals surface area contributed by atoms with Gasteiger partial charge >= 0.3 is 12.1 Å². The first-order valence-electron chi connectivity index (χ1n) is 5.94. The van der Waals surface area contributed by atoms with Crippen LogP contribution < -0.4 is 10.4 Å². The summed E-state index contributed by atoms with van der Waals surface area (Å²) in [5.74, 6) is -0.791. The Kier molecular flexibility index (Phi) is 3.87. The van der Waals surface area contributed by atoms with Gasteiger partial charge < -0.3 is 9.64 Å². The molecule has 20 heavy (non-hydrogen) atoms. The molecule has 0 atom stereocenters. The number of nitrogens with two attached hydrogens (primary N) is 1. The van der Waals surface area contributed by atoms with E-state index < -0.39 is 17.7 Å². The first kappa shape index (κ1) is 14.6. The van der Waals surface area contributed by atoms with Crippen molar-refractivity contribution in [3.8, 4) is 0 Å². The van der Waals surface area contributed by atoms with Crippen molar-refractivity contribution >= 4 is 17.3 Å². The lowest BCUT2D eigenvalue weighted by atomic mass is 10.0. The number of hydrogen-bond acceptors (Lipinski definition) is 4. The minimum Gasteiger partial charge on any atom is -0.465 e. The number of carbonyl (C=O) groups excluding carboxylic acids is 1. The predicted molar refractivity (Wildman–Crippen MR) is 63.0 cm³/mol. The Bertz CT molecular complexity index is 527. The number of anilines is 1. The van der Waals surface area contributed by atoms with Crippen molar-refractivity contribution in [3.63, 3.8) is 0 Å². The molecule has 0 aliphatic carbocycles. The average Bonchev–Trinajstić information content (AvgIpc) is 2.34. The Balaban J connectivity index is 2.59. The second kappa shape index (κ2) is 5.29. The third-order valence-electron chi connectivity index (χ3n) is 3.21. The van der Waals surface area contributed by atoms with Gasteiger partial charge in [0.1, 0.15) is 5.56 Å². The fourth-order valence-corrected chi connectivity index (χ4v) is 2.04. The summed E-state index contributed by atoms with van der Waals surface area (Å²) < 4.78 is 43.7. The molecule has 1 heterocycles. The molecule has 8 heteroatoms. The van der Waals surface area contributed by atoms with E-state index in [1.165, 1.54) is 4.90 Å². The molecule has 0 amide bonds. The van der Waals surface area contributed by atoms with Gasteiger partial charge in [0.05, 0.1) is 18.4 Å². The van der Waals surface area contributed by atoms with E-state index in [1.807, 2.05) is 0 Å². The van der Waals surface area contributed by atoms with Crippen molar-refractivity contribution in [3.05, 3.63) is 23.3 Å². The first-order valence-corrected chi connectivity index (χ1v) is 5.94. The highest BCUT2D eigenvalue weighted by Gasteiger charge is 2.38. The number of methoxy groups -OCH3 is 1. The Morgan fingerprint density at radius 1 is 1.40 bits per heavy atom. The molecular formula is C12H14F3N2O3+. The summed E-state index contributed by atoms with van der Waals surface area (Å²) in [6.07, 6.45) is -3.75. The van der Waals surface area contributed by atoms with Crippen LogP contribution in [0.1, 0.15) is 22.3 Å². The first-order chi connectivity index (χ1) is 9.38. The highest BCUT2D eigenvalue weighted by atomic mass is 19.4. The van der Waals surface area contributed by atoms with Crippen molar-refractivity contribution < 1.29 is 33.4 Å². The summed E-state index contributed by atoms with van der Waals surface area (Å²) in [7, 11) is 1.13. The number of rotatable bonds is 3. The zero-order valence-corrected chi connectivity index (χ0v) is 10.7. The van der Waals surface area contributed by atoms with E-state index in [1.54, 1.807) is 0 Å². The molecule has 1 aromatic rings. The molecule has 0 bridgehead atoms. The van der Waals surface area contributed by atoms with Gasteiger partial charge in [-0.15, -0.1) is 0 Å². The van der Waals surface area contributed by atoms with Crippen LogP contribution in [0.5, 0.6) is 0 Å². The van der Waals surface area contributed by atoms with Gasteiger partial charge in [-0.1, -0.05) is 0 Å². The van der Waals surface area contributed by atoms with Crippen molar-refractivity contribution in [1.29, 1.82) is 0 Å². The van der Waals surface area contributed by atoms with Crippen LogP contribution in [0.15, 0.2) is 12.1 Å². The maximum absolute atomic E-state index is 13.1. The Morgan fingerprint density at radius 2 is 2.05 bits per heavy atom. The van der Waals surface area contributed by atoms with Crippen LogP contribution in [-0.4, -0.2) is 31.4 Å². The van der Waals surface area contributed by atoms with E-state index in [0.717, 1.165) is 25.7 Å². The second-order valence-electron chi connectivity index (χ2n) is 4.42. The number of quaternary nitrogens is 1. The van der Waals surface area contributed by atoms with Crippen molar-refractivity contribution in [2.75, 3.05) is 25.1 Å². The van der Waals surface area contributed by atoms with Crippen LogP contribution in [0.3, 0.4) is 0 Å². The molecule has 2 rings (SSSR count). The lowest BCUT2D eigenvalue weighted by Gasteiger charge is -2.35. The van der Waals surface area contributed by atoms with Gasteiger partial charge in [0.25, 0.3) is 0 Å². The molecule has 0 spiro atoms. The molecule has 5 nitrogen and oxygen atoms in total. The smallest absolute Gasteiger partial charge is 0.418 e. The average molecular weight is 291 g/mol. The number of halogens is 3. The van der Waals surface area contributed by atoms with Gasteiger partial charge in [-0.25, -0.2) is 10.0 Å². The molecule has 110 valence electrons. The molecular weight excluding hydrogens is 277 g/mol. The van der Waals surface area contributed by atoms with Gasteiger partial charge in [-0.3, -0.25) is 0 Å². The minimum absolute atomic E-state index is 0.0604. The summed E-state index contributed by atoms with van der Waals surface area (Å²) >= 11 is 0. The highest BCUT2D eigenvalue weighted by molar-refractivity contribution is 5.95. The van der Waals surface area contributed by atoms with Gasteiger partial charge in [-0.05, 0) is 12.5 Å².